The first-order valence-corrected chi connectivity index (χ1v) is 7.68. The lowest BCUT2D eigenvalue weighted by Crippen LogP contribution is -2.41. The van der Waals surface area contributed by atoms with Gasteiger partial charge in [-0.15, -0.1) is 0 Å². The monoisotopic (exact) mass is 323 g/mol. The van der Waals surface area contributed by atoms with Gasteiger partial charge in [0, 0.05) is 19.1 Å². The Labute approximate surface area is 132 Å². The number of anilines is 1. The number of nitro groups is 1. The van der Waals surface area contributed by atoms with E-state index in [0.29, 0.717) is 31.8 Å². The summed E-state index contributed by atoms with van der Waals surface area (Å²) in [5.74, 6) is -0.524. The van der Waals surface area contributed by atoms with Crippen molar-refractivity contribution in [2.45, 2.75) is 37.6 Å². The number of likely N-dealkylation sites (tertiary alicyclic amines) is 1. The van der Waals surface area contributed by atoms with Crippen molar-refractivity contribution >= 4 is 17.5 Å². The summed E-state index contributed by atoms with van der Waals surface area (Å²) in [7, 11) is 0. The van der Waals surface area contributed by atoms with E-state index in [9.17, 15) is 19.3 Å². The highest BCUT2D eigenvalue weighted by Crippen LogP contribution is 2.43. The Bertz CT molecular complexity index is 640. The first kappa shape index (κ1) is 15.5. The zero-order chi connectivity index (χ0) is 16.6. The third kappa shape index (κ3) is 3.35. The fourth-order valence-corrected chi connectivity index (χ4v) is 3.00. The molecule has 0 aromatic heterocycles. The number of rotatable bonds is 4. The van der Waals surface area contributed by atoms with E-state index in [0.717, 1.165) is 18.4 Å². The lowest BCUT2D eigenvalue weighted by molar-refractivity contribution is -0.386. The molecular formula is C15H18FN3O4. The number of nitrogens with zero attached hydrogens (tertiary/aromatic N) is 2. The molecule has 1 aliphatic heterocycles. The van der Waals surface area contributed by atoms with E-state index in [4.69, 9.17) is 5.11 Å². The molecule has 1 saturated carbocycles. The molecule has 1 aromatic rings. The van der Waals surface area contributed by atoms with Crippen LogP contribution in [-0.4, -0.2) is 40.2 Å². The molecule has 2 aliphatic rings. The number of piperidine rings is 1. The van der Waals surface area contributed by atoms with Crippen molar-refractivity contribution in [3.05, 3.63) is 33.6 Å². The van der Waals surface area contributed by atoms with Crippen molar-refractivity contribution < 1.29 is 19.2 Å². The predicted octanol–water partition coefficient (Wildman–Crippen LogP) is 3.17. The number of halogens is 1. The molecule has 0 atom stereocenters. The predicted molar refractivity (Wildman–Crippen MR) is 81.3 cm³/mol. The van der Waals surface area contributed by atoms with Gasteiger partial charge in [0.05, 0.1) is 4.92 Å². The van der Waals surface area contributed by atoms with Crippen molar-refractivity contribution in [3.8, 4) is 0 Å². The average molecular weight is 323 g/mol. The highest BCUT2D eigenvalue weighted by molar-refractivity contribution is 5.66. The number of amides is 1. The number of nitrogens with one attached hydrogen (secondary N) is 1. The zero-order valence-corrected chi connectivity index (χ0v) is 12.5. The molecule has 124 valence electrons. The van der Waals surface area contributed by atoms with Crippen LogP contribution in [0.2, 0.25) is 0 Å². The standard InChI is InChI=1S/C15H18FN3O4/c16-12-7-10(9-1-2-9)8-13(14(12)19(22)23)17-11-3-5-18(6-4-11)15(20)21/h7-9,11,17H,1-6H2,(H,20,21). The lowest BCUT2D eigenvalue weighted by atomic mass is 10.0. The summed E-state index contributed by atoms with van der Waals surface area (Å²) in [6, 6.07) is 2.83. The average Bonchev–Trinajstić information content (AvgIpc) is 3.31. The van der Waals surface area contributed by atoms with Gasteiger partial charge in [0.2, 0.25) is 5.82 Å². The Kier molecular flexibility index (Phi) is 4.06. The van der Waals surface area contributed by atoms with Crippen molar-refractivity contribution in [1.82, 2.24) is 4.90 Å². The highest BCUT2D eigenvalue weighted by Gasteiger charge is 2.30. The van der Waals surface area contributed by atoms with E-state index in [2.05, 4.69) is 5.32 Å². The van der Waals surface area contributed by atoms with Gasteiger partial charge >= 0.3 is 11.8 Å². The van der Waals surface area contributed by atoms with E-state index in [1.807, 2.05) is 0 Å². The van der Waals surface area contributed by atoms with Gasteiger partial charge < -0.3 is 15.3 Å². The van der Waals surface area contributed by atoms with Crippen LogP contribution in [0.25, 0.3) is 0 Å². The molecule has 23 heavy (non-hydrogen) atoms. The minimum Gasteiger partial charge on any atom is -0.465 e. The number of carboxylic acid groups (broad SMARTS) is 1. The summed E-state index contributed by atoms with van der Waals surface area (Å²) in [5, 5.41) is 23.2. The normalized spacial score (nSPS) is 18.7. The molecule has 0 bridgehead atoms. The lowest BCUT2D eigenvalue weighted by Gasteiger charge is -2.31. The van der Waals surface area contributed by atoms with Gasteiger partial charge in [-0.05, 0) is 49.3 Å². The van der Waals surface area contributed by atoms with Crippen molar-refractivity contribution in [1.29, 1.82) is 0 Å². The molecule has 1 saturated heterocycles. The van der Waals surface area contributed by atoms with E-state index < -0.39 is 22.5 Å². The topological polar surface area (TPSA) is 95.7 Å². The van der Waals surface area contributed by atoms with E-state index in [-0.39, 0.29) is 11.7 Å². The fraction of sp³-hybridized carbons (Fsp3) is 0.533. The summed E-state index contributed by atoms with van der Waals surface area (Å²) in [4.78, 5) is 22.7. The molecule has 1 heterocycles. The van der Waals surface area contributed by atoms with Crippen molar-refractivity contribution in [2.75, 3.05) is 18.4 Å². The SMILES string of the molecule is O=C(O)N1CCC(Nc2cc(C3CC3)cc(F)c2[N+](=O)[O-])CC1. The van der Waals surface area contributed by atoms with E-state index in [1.54, 1.807) is 6.07 Å². The molecule has 0 radical (unpaired) electrons. The quantitative estimate of drug-likeness (QED) is 0.655. The molecule has 2 N–H and O–H groups in total. The van der Waals surface area contributed by atoms with Gasteiger partial charge in [-0.2, -0.15) is 4.39 Å². The Hall–Kier alpha value is -2.38. The van der Waals surface area contributed by atoms with Gasteiger partial charge in [-0.3, -0.25) is 10.1 Å². The fourth-order valence-electron chi connectivity index (χ4n) is 3.00. The number of carbonyl (C=O) groups is 1. The van der Waals surface area contributed by atoms with Crippen LogP contribution in [0.5, 0.6) is 0 Å². The minimum absolute atomic E-state index is 0.0989. The van der Waals surface area contributed by atoms with Crippen LogP contribution < -0.4 is 5.32 Å². The number of hydrogen-bond acceptors (Lipinski definition) is 4. The van der Waals surface area contributed by atoms with Crippen LogP contribution in [0, 0.1) is 15.9 Å². The second-order valence-corrected chi connectivity index (χ2v) is 6.12. The van der Waals surface area contributed by atoms with Crippen LogP contribution in [-0.2, 0) is 0 Å². The van der Waals surface area contributed by atoms with Crippen LogP contribution in [0.1, 0.15) is 37.2 Å². The Morgan fingerprint density at radius 3 is 2.48 bits per heavy atom. The maximum absolute atomic E-state index is 14.1. The molecule has 1 aromatic carbocycles. The molecule has 0 unspecified atom stereocenters. The van der Waals surface area contributed by atoms with Crippen molar-refractivity contribution in [3.63, 3.8) is 0 Å². The third-order valence-electron chi connectivity index (χ3n) is 4.44. The summed E-state index contributed by atoms with van der Waals surface area (Å²) in [5.41, 5.74) is 0.458. The molecule has 1 aliphatic carbocycles. The molecule has 3 rings (SSSR count). The first-order chi connectivity index (χ1) is 11.0. The minimum atomic E-state index is -0.962. The molecule has 2 fully saturated rings. The van der Waals surface area contributed by atoms with Crippen LogP contribution >= 0.6 is 0 Å². The van der Waals surface area contributed by atoms with E-state index in [1.165, 1.54) is 11.0 Å². The Morgan fingerprint density at radius 2 is 1.96 bits per heavy atom. The van der Waals surface area contributed by atoms with Crippen LogP contribution in [0.4, 0.5) is 20.6 Å². The van der Waals surface area contributed by atoms with Crippen molar-refractivity contribution in [2.24, 2.45) is 0 Å². The van der Waals surface area contributed by atoms with Crippen LogP contribution in [0.15, 0.2) is 12.1 Å². The molecule has 0 spiro atoms. The largest absolute Gasteiger partial charge is 0.465 e. The second-order valence-electron chi connectivity index (χ2n) is 6.12. The molecule has 1 amide bonds. The Balaban J connectivity index is 1.78. The number of benzene rings is 1. The highest BCUT2D eigenvalue weighted by atomic mass is 19.1. The Morgan fingerprint density at radius 1 is 1.30 bits per heavy atom. The maximum atomic E-state index is 14.1. The molecule has 7 nitrogen and oxygen atoms in total. The first-order valence-electron chi connectivity index (χ1n) is 7.68. The van der Waals surface area contributed by atoms with Crippen LogP contribution in [0.3, 0.4) is 0 Å². The second kappa shape index (κ2) is 6.02. The summed E-state index contributed by atoms with van der Waals surface area (Å²) < 4.78 is 14.1. The number of nitro benzene ring substituents is 1. The van der Waals surface area contributed by atoms with Gasteiger partial charge in [-0.25, -0.2) is 4.79 Å². The zero-order valence-electron chi connectivity index (χ0n) is 12.5. The third-order valence-corrected chi connectivity index (χ3v) is 4.44. The maximum Gasteiger partial charge on any atom is 0.407 e. The van der Waals surface area contributed by atoms with Gasteiger partial charge in [-0.1, -0.05) is 0 Å². The van der Waals surface area contributed by atoms with Gasteiger partial charge in [0.25, 0.3) is 0 Å². The van der Waals surface area contributed by atoms with E-state index >= 15 is 0 Å². The summed E-state index contributed by atoms with van der Waals surface area (Å²) >= 11 is 0. The summed E-state index contributed by atoms with van der Waals surface area (Å²) in [6.07, 6.45) is 2.08. The summed E-state index contributed by atoms with van der Waals surface area (Å²) in [6.45, 7) is 0.733. The number of hydrogen-bond donors (Lipinski definition) is 2. The van der Waals surface area contributed by atoms with Gasteiger partial charge in [0.15, 0.2) is 0 Å². The molecule has 8 heteroatoms. The molecular weight excluding hydrogens is 305 g/mol. The van der Waals surface area contributed by atoms with Gasteiger partial charge in [0.1, 0.15) is 5.69 Å². The smallest absolute Gasteiger partial charge is 0.407 e.